The molecule has 4 aliphatic rings. The average Bonchev–Trinajstić information content (AvgIpc) is 3.46. The number of hydrogen-bond donors (Lipinski definition) is 2. The third kappa shape index (κ3) is 12.0. The van der Waals surface area contributed by atoms with E-state index < -0.39 is 0 Å². The van der Waals surface area contributed by atoms with Gasteiger partial charge in [-0.1, -0.05) is 11.6 Å². The number of halogens is 3. The maximum atomic E-state index is 14.3. The van der Waals surface area contributed by atoms with Crippen molar-refractivity contribution in [3.8, 4) is 22.5 Å². The summed E-state index contributed by atoms with van der Waals surface area (Å²) in [4.78, 5) is 27.0. The molecule has 0 unspecified atom stereocenters. The molecule has 4 aromatic heterocycles. The van der Waals surface area contributed by atoms with Gasteiger partial charge in [0.15, 0.2) is 0 Å². The lowest BCUT2D eigenvalue weighted by Crippen LogP contribution is -2.37. The number of rotatable bonds is 8. The second-order valence-electron chi connectivity index (χ2n) is 18.6. The predicted octanol–water partition coefficient (Wildman–Crippen LogP) is 10.5. The second kappa shape index (κ2) is 24.0. The highest BCUT2D eigenvalue weighted by Crippen LogP contribution is 2.40. The van der Waals surface area contributed by atoms with E-state index in [1.165, 1.54) is 30.0 Å². The van der Waals surface area contributed by atoms with Crippen molar-refractivity contribution in [3.05, 3.63) is 150 Å². The van der Waals surface area contributed by atoms with Crippen molar-refractivity contribution in [3.63, 3.8) is 0 Å². The van der Waals surface area contributed by atoms with Gasteiger partial charge < -0.3 is 49.6 Å². The molecule has 0 bridgehead atoms. The van der Waals surface area contributed by atoms with Crippen molar-refractivity contribution in [2.45, 2.75) is 13.8 Å². The third-order valence-electron chi connectivity index (χ3n) is 13.9. The minimum atomic E-state index is -0.322. The Kier molecular flexibility index (Phi) is 16.4. The first-order valence-electron chi connectivity index (χ1n) is 25.5. The largest absolute Gasteiger partial charge is 0.397 e. The van der Waals surface area contributed by atoms with Crippen LogP contribution in [0.25, 0.3) is 44.3 Å². The molecule has 12 rings (SSSR count). The Hall–Kier alpha value is -7.21. The standard InChI is InChI=1S/C29H30FN5O2.C15H10ClFN2.C14H21N3O2/c1-20-28(21-3-2-8-31-19-21)32-25-17-22(30)4-6-24(25)29(20)33-26-18-23(34-9-13-36-14-10-34)5-7-27(26)35-11-15-37-16-12-35;1-9-14(16)12-5-4-11(17)7-13(12)19-15(9)10-3-2-6-18-8-10;15-13-11-12(16-3-7-18-8-4-16)1-2-14(13)17-5-9-19-10-6-17/h2-8,17-19H,9-16H2,1H3,(H,32,33);2-8H,1H3;1-2,11H,3-10,15H2. The normalized spacial score (nSPS) is 16.0. The molecule has 3 N–H and O–H groups in total. The van der Waals surface area contributed by atoms with Crippen LogP contribution in [-0.4, -0.2) is 125 Å². The zero-order valence-corrected chi connectivity index (χ0v) is 43.0. The van der Waals surface area contributed by atoms with E-state index >= 15 is 0 Å². The van der Waals surface area contributed by atoms with Gasteiger partial charge >= 0.3 is 0 Å². The van der Waals surface area contributed by atoms with E-state index in [2.05, 4.69) is 83.2 Å². The zero-order chi connectivity index (χ0) is 51.7. The van der Waals surface area contributed by atoms with E-state index in [0.29, 0.717) is 29.3 Å². The molecule has 0 radical (unpaired) electrons. The Morgan fingerprint density at radius 1 is 0.520 bits per heavy atom. The van der Waals surface area contributed by atoms with Gasteiger partial charge in [0.2, 0.25) is 0 Å². The smallest absolute Gasteiger partial charge is 0.125 e. The van der Waals surface area contributed by atoms with Crippen molar-refractivity contribution >= 4 is 73.2 Å². The molecular weight excluding hydrogens is 974 g/mol. The number of pyridine rings is 4. The summed E-state index contributed by atoms with van der Waals surface area (Å²) in [7, 11) is 0. The summed E-state index contributed by atoms with van der Waals surface area (Å²) in [6.07, 6.45) is 6.95. The molecule has 4 saturated heterocycles. The number of nitrogens with zero attached hydrogens (tertiary/aromatic N) is 8. The van der Waals surface area contributed by atoms with Gasteiger partial charge in [-0.2, -0.15) is 0 Å². The molecule has 8 aromatic rings. The molecule has 4 fully saturated rings. The number of benzene rings is 4. The average molecular weight is 1040 g/mol. The van der Waals surface area contributed by atoms with Crippen LogP contribution in [0.1, 0.15) is 11.1 Å². The van der Waals surface area contributed by atoms with Crippen LogP contribution >= 0.6 is 11.6 Å². The SMILES string of the molecule is Cc1c(-c2cccnc2)nc2cc(F)ccc2c1Cl.Cc1c(-c2cccnc2)nc2cc(F)ccc2c1Nc1cc(N2CCOCC2)ccc1N1CCOCC1.Nc1cc(N2CCOCC2)ccc1N1CCOCC1. The maximum Gasteiger partial charge on any atom is 0.125 e. The zero-order valence-electron chi connectivity index (χ0n) is 42.3. The summed E-state index contributed by atoms with van der Waals surface area (Å²) < 4.78 is 49.5. The number of nitrogens with two attached hydrogens (primary N) is 1. The van der Waals surface area contributed by atoms with Crippen molar-refractivity contribution in [2.24, 2.45) is 0 Å². The van der Waals surface area contributed by atoms with E-state index in [4.69, 9.17) is 41.3 Å². The summed E-state index contributed by atoms with van der Waals surface area (Å²) in [6.45, 7) is 17.1. The number of morpholine rings is 4. The summed E-state index contributed by atoms with van der Waals surface area (Å²) in [6, 6.07) is 29.8. The monoisotopic (exact) mass is 1030 g/mol. The van der Waals surface area contributed by atoms with Gasteiger partial charge in [-0.25, -0.2) is 18.7 Å². The summed E-state index contributed by atoms with van der Waals surface area (Å²) in [5.41, 5.74) is 19.9. The lowest BCUT2D eigenvalue weighted by molar-refractivity contribution is 0.122. The molecule has 4 aromatic carbocycles. The third-order valence-corrected chi connectivity index (χ3v) is 14.4. The van der Waals surface area contributed by atoms with Gasteiger partial charge in [-0.15, -0.1) is 0 Å². The fourth-order valence-corrected chi connectivity index (χ4v) is 10.1. The van der Waals surface area contributed by atoms with Crippen molar-refractivity contribution in [1.29, 1.82) is 0 Å². The van der Waals surface area contributed by atoms with Crippen molar-refractivity contribution in [2.75, 3.05) is 136 Å². The van der Waals surface area contributed by atoms with E-state index in [9.17, 15) is 8.78 Å². The van der Waals surface area contributed by atoms with Crippen LogP contribution in [0.3, 0.4) is 0 Å². The van der Waals surface area contributed by atoms with Crippen molar-refractivity contribution < 1.29 is 27.7 Å². The first-order chi connectivity index (χ1) is 36.7. The van der Waals surface area contributed by atoms with Gasteiger partial charge in [0.25, 0.3) is 0 Å². The molecule has 0 aliphatic carbocycles. The summed E-state index contributed by atoms with van der Waals surface area (Å²) in [5.74, 6) is -0.632. The minimum Gasteiger partial charge on any atom is -0.397 e. The van der Waals surface area contributed by atoms with E-state index in [0.717, 1.165) is 171 Å². The molecule has 0 amide bonds. The Balaban J connectivity index is 0.000000142. The quantitative estimate of drug-likeness (QED) is 0.140. The van der Waals surface area contributed by atoms with Gasteiger partial charge in [0, 0.05) is 123 Å². The van der Waals surface area contributed by atoms with Crippen molar-refractivity contribution in [1.82, 2.24) is 19.9 Å². The fourth-order valence-electron chi connectivity index (χ4n) is 9.86. The number of anilines is 7. The van der Waals surface area contributed by atoms with Crippen LogP contribution in [0.5, 0.6) is 0 Å². The van der Waals surface area contributed by atoms with Crippen LogP contribution in [0.2, 0.25) is 5.02 Å². The predicted molar refractivity (Wildman–Crippen MR) is 297 cm³/mol. The number of nitrogens with one attached hydrogen (secondary N) is 1. The number of nitrogen functional groups attached to an aromatic ring is 1. The van der Waals surface area contributed by atoms with Crippen LogP contribution in [0, 0.1) is 25.5 Å². The fraction of sp³-hybridized carbons (Fsp3) is 0.310. The van der Waals surface area contributed by atoms with E-state index in [-0.39, 0.29) is 11.6 Å². The van der Waals surface area contributed by atoms with E-state index in [1.54, 1.807) is 36.9 Å². The molecule has 75 heavy (non-hydrogen) atoms. The Morgan fingerprint density at radius 2 is 0.973 bits per heavy atom. The molecule has 0 saturated carbocycles. The van der Waals surface area contributed by atoms with Crippen LogP contribution in [0.15, 0.2) is 122 Å². The van der Waals surface area contributed by atoms with Gasteiger partial charge in [-0.05, 0) is 110 Å². The molecule has 14 nitrogen and oxygen atoms in total. The molecule has 17 heteroatoms. The number of ether oxygens (including phenoxy) is 4. The first-order valence-corrected chi connectivity index (χ1v) is 25.8. The van der Waals surface area contributed by atoms with Gasteiger partial charge in [0.05, 0.1) is 109 Å². The maximum absolute atomic E-state index is 14.3. The van der Waals surface area contributed by atoms with Gasteiger partial charge in [-0.3, -0.25) is 9.97 Å². The molecule has 388 valence electrons. The molecule has 8 heterocycles. The first kappa shape index (κ1) is 51.3. The Bertz CT molecular complexity index is 3230. The Morgan fingerprint density at radius 3 is 1.48 bits per heavy atom. The molecule has 0 atom stereocenters. The highest BCUT2D eigenvalue weighted by molar-refractivity contribution is 6.36. The topological polar surface area (TPSA) is 139 Å². The summed E-state index contributed by atoms with van der Waals surface area (Å²) in [5, 5.41) is 6.00. The second-order valence-corrected chi connectivity index (χ2v) is 19.0. The van der Waals surface area contributed by atoms with Gasteiger partial charge in [0.1, 0.15) is 11.6 Å². The van der Waals surface area contributed by atoms with Crippen LogP contribution in [-0.2, 0) is 18.9 Å². The number of aromatic nitrogens is 4. The highest BCUT2D eigenvalue weighted by Gasteiger charge is 2.22. The number of fused-ring (bicyclic) bond motifs is 2. The van der Waals surface area contributed by atoms with E-state index in [1.807, 2.05) is 31.2 Å². The lowest BCUT2D eigenvalue weighted by Gasteiger charge is -2.33. The summed E-state index contributed by atoms with van der Waals surface area (Å²) >= 11 is 6.35. The minimum absolute atomic E-state index is 0.310. The molecule has 0 spiro atoms. The Labute approximate surface area is 441 Å². The molecule has 4 aliphatic heterocycles. The molecular formula is C58H61ClF2N10O4. The highest BCUT2D eigenvalue weighted by atomic mass is 35.5. The number of hydrogen-bond acceptors (Lipinski definition) is 14. The lowest BCUT2D eigenvalue weighted by atomic mass is 10.0. The van der Waals surface area contributed by atoms with Crippen LogP contribution in [0.4, 0.5) is 48.6 Å². The van der Waals surface area contributed by atoms with Crippen LogP contribution < -0.4 is 30.7 Å².